The zero-order valence-corrected chi connectivity index (χ0v) is 10.8. The molecule has 4 saturated carbocycles. The van der Waals surface area contributed by atoms with Crippen molar-refractivity contribution in [1.82, 2.24) is 0 Å². The quantitative estimate of drug-likeness (QED) is 0.552. The van der Waals surface area contributed by atoms with Crippen LogP contribution in [-0.4, -0.2) is 7.11 Å². The number of nitriles is 2. The van der Waals surface area contributed by atoms with Crippen molar-refractivity contribution in [2.75, 3.05) is 7.11 Å². The predicted octanol–water partition coefficient (Wildman–Crippen LogP) is 3.15. The lowest BCUT2D eigenvalue weighted by molar-refractivity contribution is -0.0560. The van der Waals surface area contributed by atoms with Gasteiger partial charge in [-0.2, -0.15) is 10.5 Å². The Morgan fingerprint density at radius 2 is 1.44 bits per heavy atom. The maximum Gasteiger partial charge on any atom is 0.167 e. The van der Waals surface area contributed by atoms with E-state index in [0.29, 0.717) is 5.76 Å². The van der Waals surface area contributed by atoms with Gasteiger partial charge in [-0.25, -0.2) is 0 Å². The number of methoxy groups -OCH3 is 1. The summed E-state index contributed by atoms with van der Waals surface area (Å²) in [6, 6.07) is 4.04. The minimum atomic E-state index is 0.00426. The van der Waals surface area contributed by atoms with Crippen LogP contribution in [0.4, 0.5) is 0 Å². The molecule has 0 atom stereocenters. The molecular formula is C15H18N2O. The Kier molecular flexibility index (Phi) is 2.59. The fourth-order valence-corrected chi connectivity index (χ4v) is 5.10. The van der Waals surface area contributed by atoms with Crippen molar-refractivity contribution in [2.24, 2.45) is 23.2 Å². The third kappa shape index (κ3) is 1.54. The van der Waals surface area contributed by atoms with E-state index in [4.69, 9.17) is 15.3 Å². The summed E-state index contributed by atoms with van der Waals surface area (Å²) in [5, 5.41) is 18.2. The molecule has 3 heteroatoms. The lowest BCUT2D eigenvalue weighted by Crippen LogP contribution is -2.47. The first-order valence-corrected chi connectivity index (χ1v) is 6.79. The fraction of sp³-hybridized carbons (Fsp3) is 0.733. The maximum atomic E-state index is 9.12. The number of nitrogens with zero attached hydrogens (tertiary/aromatic N) is 2. The van der Waals surface area contributed by atoms with Crippen molar-refractivity contribution >= 4 is 0 Å². The third-order valence-electron chi connectivity index (χ3n) is 5.17. The lowest BCUT2D eigenvalue weighted by Gasteiger charge is -2.56. The second kappa shape index (κ2) is 4.02. The summed E-state index contributed by atoms with van der Waals surface area (Å²) in [5.41, 5.74) is 0.198. The van der Waals surface area contributed by atoms with Gasteiger partial charge in [-0.3, -0.25) is 0 Å². The van der Waals surface area contributed by atoms with Crippen LogP contribution in [0.25, 0.3) is 0 Å². The van der Waals surface area contributed by atoms with E-state index in [0.717, 1.165) is 37.0 Å². The molecule has 4 bridgehead atoms. The molecule has 0 aromatic carbocycles. The van der Waals surface area contributed by atoms with Crippen LogP contribution in [0.5, 0.6) is 0 Å². The van der Waals surface area contributed by atoms with E-state index < -0.39 is 0 Å². The molecule has 0 heterocycles. The number of rotatable bonds is 2. The molecule has 18 heavy (non-hydrogen) atoms. The SMILES string of the molecule is COC(=C(C#N)C#N)C12CC3CC(CC(C3)C1)C2. The Hall–Kier alpha value is -1.48. The normalized spacial score (nSPS) is 39.8. The van der Waals surface area contributed by atoms with Gasteiger partial charge in [0.05, 0.1) is 7.11 Å². The van der Waals surface area contributed by atoms with Gasteiger partial charge in [0.2, 0.25) is 0 Å². The highest BCUT2D eigenvalue weighted by Gasteiger charge is 2.54. The monoisotopic (exact) mass is 242 g/mol. The minimum Gasteiger partial charge on any atom is -0.498 e. The Labute approximate surface area is 108 Å². The van der Waals surface area contributed by atoms with Gasteiger partial charge in [-0.05, 0) is 56.3 Å². The first-order valence-electron chi connectivity index (χ1n) is 6.79. The van der Waals surface area contributed by atoms with E-state index in [2.05, 4.69) is 0 Å². The summed E-state index contributed by atoms with van der Waals surface area (Å²) >= 11 is 0. The first-order chi connectivity index (χ1) is 8.70. The topological polar surface area (TPSA) is 56.8 Å². The second-order valence-corrected chi connectivity index (χ2v) is 6.33. The molecule has 4 aliphatic rings. The molecular weight excluding hydrogens is 224 g/mol. The largest absolute Gasteiger partial charge is 0.498 e. The van der Waals surface area contributed by atoms with E-state index in [1.165, 1.54) is 19.3 Å². The number of hydrogen-bond acceptors (Lipinski definition) is 3. The van der Waals surface area contributed by atoms with Gasteiger partial charge in [-0.15, -0.1) is 0 Å². The van der Waals surface area contributed by atoms with Crippen molar-refractivity contribution in [3.63, 3.8) is 0 Å². The van der Waals surface area contributed by atoms with Crippen LogP contribution in [0, 0.1) is 45.8 Å². The lowest BCUT2D eigenvalue weighted by atomic mass is 9.49. The zero-order chi connectivity index (χ0) is 12.8. The van der Waals surface area contributed by atoms with Gasteiger partial charge >= 0.3 is 0 Å². The standard InChI is InChI=1S/C15H18N2O/c1-18-14(13(8-16)9-17)15-5-10-2-11(6-15)4-12(3-10)7-15/h10-12H,2-7H2,1H3. The molecule has 3 nitrogen and oxygen atoms in total. The number of hydrogen-bond donors (Lipinski definition) is 0. The van der Waals surface area contributed by atoms with Crippen LogP contribution < -0.4 is 0 Å². The van der Waals surface area contributed by atoms with Gasteiger partial charge in [0.25, 0.3) is 0 Å². The third-order valence-corrected chi connectivity index (χ3v) is 5.17. The fourth-order valence-electron chi connectivity index (χ4n) is 5.10. The molecule has 0 aromatic rings. The molecule has 0 aliphatic heterocycles. The van der Waals surface area contributed by atoms with Gasteiger partial charge < -0.3 is 4.74 Å². The molecule has 0 radical (unpaired) electrons. The van der Waals surface area contributed by atoms with Gasteiger partial charge in [0.15, 0.2) is 5.57 Å². The van der Waals surface area contributed by atoms with Crippen molar-refractivity contribution in [3.8, 4) is 12.1 Å². The van der Waals surface area contributed by atoms with E-state index in [9.17, 15) is 0 Å². The molecule has 0 aromatic heterocycles. The maximum absolute atomic E-state index is 9.12. The van der Waals surface area contributed by atoms with Crippen molar-refractivity contribution in [2.45, 2.75) is 38.5 Å². The van der Waals surface area contributed by atoms with E-state index in [-0.39, 0.29) is 11.0 Å². The van der Waals surface area contributed by atoms with Crippen molar-refractivity contribution in [1.29, 1.82) is 10.5 Å². The summed E-state index contributed by atoms with van der Waals surface area (Å²) in [7, 11) is 1.61. The Morgan fingerprint density at radius 3 is 1.78 bits per heavy atom. The summed E-state index contributed by atoms with van der Waals surface area (Å²) in [6.07, 6.45) is 7.42. The van der Waals surface area contributed by atoms with Crippen molar-refractivity contribution in [3.05, 3.63) is 11.3 Å². The Balaban J connectivity index is 2.03. The predicted molar refractivity (Wildman–Crippen MR) is 65.9 cm³/mol. The molecule has 0 N–H and O–H groups in total. The van der Waals surface area contributed by atoms with E-state index >= 15 is 0 Å². The molecule has 4 fully saturated rings. The second-order valence-electron chi connectivity index (χ2n) is 6.33. The van der Waals surface area contributed by atoms with Gasteiger partial charge in [0, 0.05) is 5.41 Å². The molecule has 0 unspecified atom stereocenters. The van der Waals surface area contributed by atoms with Crippen LogP contribution in [0.15, 0.2) is 11.3 Å². The average molecular weight is 242 g/mol. The van der Waals surface area contributed by atoms with Crippen molar-refractivity contribution < 1.29 is 4.74 Å². The van der Waals surface area contributed by atoms with Crippen LogP contribution in [0.2, 0.25) is 0 Å². The smallest absolute Gasteiger partial charge is 0.167 e. The zero-order valence-electron chi connectivity index (χ0n) is 10.8. The molecule has 0 amide bonds. The number of ether oxygens (including phenoxy) is 1. The molecule has 94 valence electrons. The highest BCUT2D eigenvalue weighted by atomic mass is 16.5. The molecule has 0 spiro atoms. The molecule has 4 rings (SSSR count). The number of allylic oxidation sites excluding steroid dienone is 2. The summed E-state index contributed by atoms with van der Waals surface area (Å²) < 4.78 is 5.51. The van der Waals surface area contributed by atoms with Gasteiger partial charge in [-0.1, -0.05) is 0 Å². The highest BCUT2D eigenvalue weighted by Crippen LogP contribution is 2.63. The van der Waals surface area contributed by atoms with E-state index in [1.807, 2.05) is 12.1 Å². The summed E-state index contributed by atoms with van der Waals surface area (Å²) in [4.78, 5) is 0. The minimum absolute atomic E-state index is 0.00426. The van der Waals surface area contributed by atoms with Crippen LogP contribution in [-0.2, 0) is 4.74 Å². The van der Waals surface area contributed by atoms with Crippen LogP contribution >= 0.6 is 0 Å². The average Bonchev–Trinajstić information content (AvgIpc) is 2.33. The summed E-state index contributed by atoms with van der Waals surface area (Å²) in [6.45, 7) is 0. The van der Waals surface area contributed by atoms with Crippen LogP contribution in [0.1, 0.15) is 38.5 Å². The highest BCUT2D eigenvalue weighted by molar-refractivity contribution is 5.41. The Bertz CT molecular complexity index is 426. The molecule has 4 aliphatic carbocycles. The van der Waals surface area contributed by atoms with Crippen LogP contribution in [0.3, 0.4) is 0 Å². The molecule has 0 saturated heterocycles. The van der Waals surface area contributed by atoms with E-state index in [1.54, 1.807) is 7.11 Å². The Morgan fingerprint density at radius 1 is 1.00 bits per heavy atom. The van der Waals surface area contributed by atoms with Gasteiger partial charge in [0.1, 0.15) is 17.9 Å². The first kappa shape index (κ1) is 11.6. The summed E-state index contributed by atoms with van der Waals surface area (Å²) in [5.74, 6) is 3.06.